The van der Waals surface area contributed by atoms with E-state index in [0.29, 0.717) is 27.1 Å². The van der Waals surface area contributed by atoms with E-state index in [-0.39, 0.29) is 11.9 Å². The lowest BCUT2D eigenvalue weighted by Crippen LogP contribution is -2.02. The Morgan fingerprint density at radius 3 is 2.41 bits per heavy atom. The lowest BCUT2D eigenvalue weighted by molar-refractivity contribution is 0.102. The lowest BCUT2D eigenvalue weighted by Gasteiger charge is -2.09. The first-order chi connectivity index (χ1) is 16.2. The average molecular weight is 538 g/mol. The van der Waals surface area contributed by atoms with Crippen molar-refractivity contribution < 1.29 is 19.4 Å². The zero-order valence-corrected chi connectivity index (χ0v) is 22.5. The number of aryl methyl sites for hydroxylation is 2. The van der Waals surface area contributed by atoms with Crippen molar-refractivity contribution in [2.75, 3.05) is 25.7 Å². The quantitative estimate of drug-likeness (QED) is 0.261. The van der Waals surface area contributed by atoms with Gasteiger partial charge in [0.05, 0.1) is 31.1 Å². The van der Waals surface area contributed by atoms with Crippen molar-refractivity contribution in [2.24, 2.45) is 0 Å². The zero-order valence-electron chi connectivity index (χ0n) is 19.4. The van der Waals surface area contributed by atoms with Crippen molar-refractivity contribution in [3.05, 3.63) is 80.8 Å². The highest BCUT2D eigenvalue weighted by Gasteiger charge is 2.23. The molecule has 4 rings (SSSR count). The number of halogens is 2. The molecule has 0 aliphatic carbocycles. The molecular formula is C26H26Cl2O4S2. The highest BCUT2D eigenvalue weighted by atomic mass is 35.5. The molecule has 0 saturated carbocycles. The minimum absolute atomic E-state index is 0.0583. The van der Waals surface area contributed by atoms with E-state index in [2.05, 4.69) is 0 Å². The summed E-state index contributed by atoms with van der Waals surface area (Å²) in [5, 5.41) is 10.4. The Labute approximate surface area is 219 Å². The van der Waals surface area contributed by atoms with E-state index in [9.17, 15) is 9.90 Å². The van der Waals surface area contributed by atoms with E-state index in [1.165, 1.54) is 29.3 Å². The van der Waals surface area contributed by atoms with Crippen molar-refractivity contribution >= 4 is 52.5 Å². The van der Waals surface area contributed by atoms with Gasteiger partial charge in [-0.05, 0) is 49.2 Å². The third-order valence-electron chi connectivity index (χ3n) is 5.22. The SMILES string of the molecule is COc1cc(C)c2c(c1)C(O)CS2.COc1ccc(SCC(=O)c2ccc(C)cc2)c(Cl)c1Cl. The Balaban J connectivity index is 0.000000212. The van der Waals surface area contributed by atoms with Gasteiger partial charge in [-0.3, -0.25) is 4.79 Å². The second-order valence-electron chi connectivity index (χ2n) is 7.66. The number of ether oxygens (including phenoxy) is 2. The number of hydrogen-bond acceptors (Lipinski definition) is 6. The van der Waals surface area contributed by atoms with Gasteiger partial charge in [0.25, 0.3) is 0 Å². The number of rotatable bonds is 6. The lowest BCUT2D eigenvalue weighted by atomic mass is 10.1. The van der Waals surface area contributed by atoms with Crippen LogP contribution in [0.2, 0.25) is 10.0 Å². The van der Waals surface area contributed by atoms with E-state index in [4.69, 9.17) is 32.7 Å². The van der Waals surface area contributed by atoms with E-state index in [1.807, 2.05) is 50.2 Å². The molecule has 1 atom stereocenters. The van der Waals surface area contributed by atoms with Crippen LogP contribution < -0.4 is 9.47 Å². The normalized spacial score (nSPS) is 14.1. The van der Waals surface area contributed by atoms with Crippen LogP contribution in [0.3, 0.4) is 0 Å². The smallest absolute Gasteiger partial charge is 0.173 e. The monoisotopic (exact) mass is 536 g/mol. The Morgan fingerprint density at radius 1 is 1.06 bits per heavy atom. The Hall–Kier alpha value is -1.83. The van der Waals surface area contributed by atoms with Crippen LogP contribution in [0.1, 0.15) is 33.2 Å². The molecular weight excluding hydrogens is 511 g/mol. The zero-order chi connectivity index (χ0) is 24.8. The molecule has 3 aromatic rings. The number of ketones is 1. The fourth-order valence-electron chi connectivity index (χ4n) is 3.33. The first kappa shape index (κ1) is 26.8. The predicted molar refractivity (Wildman–Crippen MR) is 143 cm³/mol. The van der Waals surface area contributed by atoms with Crippen LogP contribution in [-0.4, -0.2) is 36.6 Å². The summed E-state index contributed by atoms with van der Waals surface area (Å²) in [4.78, 5) is 14.1. The van der Waals surface area contributed by atoms with Crippen molar-refractivity contribution in [3.8, 4) is 11.5 Å². The minimum Gasteiger partial charge on any atom is -0.497 e. The fourth-order valence-corrected chi connectivity index (χ4v) is 5.95. The van der Waals surface area contributed by atoms with Crippen LogP contribution in [0.15, 0.2) is 58.3 Å². The summed E-state index contributed by atoms with van der Waals surface area (Å²) in [6, 6.07) is 15.0. The Morgan fingerprint density at radius 2 is 1.76 bits per heavy atom. The average Bonchev–Trinajstić information content (AvgIpc) is 3.21. The predicted octanol–water partition coefficient (Wildman–Crippen LogP) is 7.43. The van der Waals surface area contributed by atoms with Crippen molar-refractivity contribution in [1.82, 2.24) is 0 Å². The maximum atomic E-state index is 12.1. The molecule has 0 spiro atoms. The van der Waals surface area contributed by atoms with E-state index < -0.39 is 0 Å². The molecule has 0 bridgehead atoms. The van der Waals surface area contributed by atoms with Gasteiger partial charge in [-0.2, -0.15) is 0 Å². The number of Topliss-reactive ketones (excluding diaryl/α,β-unsaturated/α-hetero) is 1. The molecule has 1 aliphatic heterocycles. The minimum atomic E-state index is -0.325. The molecule has 4 nitrogen and oxygen atoms in total. The molecule has 0 fully saturated rings. The summed E-state index contributed by atoms with van der Waals surface area (Å²) in [5.74, 6) is 2.49. The molecule has 1 aliphatic rings. The number of hydrogen-bond donors (Lipinski definition) is 1. The molecule has 180 valence electrons. The molecule has 34 heavy (non-hydrogen) atoms. The molecule has 8 heteroatoms. The molecule has 1 N–H and O–H groups in total. The molecule has 1 unspecified atom stereocenters. The molecule has 0 radical (unpaired) electrons. The maximum absolute atomic E-state index is 12.1. The second-order valence-corrected chi connectivity index (χ2v) is 10.5. The number of carbonyl (C=O) groups excluding carboxylic acids is 1. The number of benzene rings is 3. The summed E-state index contributed by atoms with van der Waals surface area (Å²) in [6.07, 6.45) is -0.325. The Kier molecular flexibility index (Phi) is 9.63. The highest BCUT2D eigenvalue weighted by molar-refractivity contribution is 8.00. The third-order valence-corrected chi connectivity index (χ3v) is 8.58. The van der Waals surface area contributed by atoms with Crippen LogP contribution in [0, 0.1) is 13.8 Å². The number of thioether (sulfide) groups is 2. The van der Waals surface area contributed by atoms with Crippen molar-refractivity contribution in [3.63, 3.8) is 0 Å². The van der Waals surface area contributed by atoms with E-state index in [0.717, 1.165) is 27.5 Å². The molecule has 3 aromatic carbocycles. The van der Waals surface area contributed by atoms with Crippen molar-refractivity contribution in [2.45, 2.75) is 29.7 Å². The van der Waals surface area contributed by atoms with Crippen LogP contribution >= 0.6 is 46.7 Å². The van der Waals surface area contributed by atoms with Crippen LogP contribution in [-0.2, 0) is 0 Å². The van der Waals surface area contributed by atoms with E-state index in [1.54, 1.807) is 31.0 Å². The van der Waals surface area contributed by atoms with Crippen LogP contribution in [0.25, 0.3) is 0 Å². The van der Waals surface area contributed by atoms with Gasteiger partial charge in [0.15, 0.2) is 5.78 Å². The van der Waals surface area contributed by atoms with Crippen LogP contribution in [0.4, 0.5) is 0 Å². The van der Waals surface area contributed by atoms with E-state index >= 15 is 0 Å². The topological polar surface area (TPSA) is 55.8 Å². The summed E-state index contributed by atoms with van der Waals surface area (Å²) >= 11 is 15.4. The molecule has 0 saturated heterocycles. The van der Waals surface area contributed by atoms with Gasteiger partial charge in [0.1, 0.15) is 16.5 Å². The number of methoxy groups -OCH3 is 2. The first-order valence-corrected chi connectivity index (χ1v) is 13.2. The van der Waals surface area contributed by atoms with Gasteiger partial charge < -0.3 is 14.6 Å². The fraction of sp³-hybridized carbons (Fsp3) is 0.269. The largest absolute Gasteiger partial charge is 0.497 e. The molecule has 1 heterocycles. The summed E-state index contributed by atoms with van der Waals surface area (Å²) in [7, 11) is 3.18. The standard InChI is InChI=1S/C16H14Cl2O2S.C10H12O2S/c1-10-3-5-11(6-4-10)12(19)9-21-14-8-7-13(20-2)15(17)16(14)18;1-6-3-7(12-2)4-8-9(11)5-13-10(6)8/h3-8H,9H2,1-2H3;3-4,9,11H,5H2,1-2H3. The van der Waals surface area contributed by atoms with Crippen LogP contribution in [0.5, 0.6) is 11.5 Å². The number of aliphatic hydroxyl groups excluding tert-OH is 1. The number of fused-ring (bicyclic) bond motifs is 1. The Bertz CT molecular complexity index is 1170. The summed E-state index contributed by atoms with van der Waals surface area (Å²) in [6.45, 7) is 4.04. The third kappa shape index (κ3) is 6.43. The number of carbonyl (C=O) groups is 1. The highest BCUT2D eigenvalue weighted by Crippen LogP contribution is 2.42. The summed E-state index contributed by atoms with van der Waals surface area (Å²) < 4.78 is 10.2. The van der Waals surface area contributed by atoms with Gasteiger partial charge in [-0.15, -0.1) is 23.5 Å². The molecule has 0 amide bonds. The first-order valence-electron chi connectivity index (χ1n) is 10.5. The van der Waals surface area contributed by atoms with Gasteiger partial charge in [0.2, 0.25) is 0 Å². The second kappa shape index (κ2) is 12.2. The number of aliphatic hydroxyl groups is 1. The van der Waals surface area contributed by atoms with Crippen molar-refractivity contribution in [1.29, 1.82) is 0 Å². The molecule has 0 aromatic heterocycles. The summed E-state index contributed by atoms with van der Waals surface area (Å²) in [5.41, 5.74) is 4.03. The van der Waals surface area contributed by atoms with Gasteiger partial charge in [-0.1, -0.05) is 53.0 Å². The van der Waals surface area contributed by atoms with Gasteiger partial charge in [0, 0.05) is 21.1 Å². The van der Waals surface area contributed by atoms with Gasteiger partial charge >= 0.3 is 0 Å². The maximum Gasteiger partial charge on any atom is 0.173 e. The van der Waals surface area contributed by atoms with Gasteiger partial charge in [-0.25, -0.2) is 0 Å².